The molecule has 3 rings (SSSR count). The highest BCUT2D eigenvalue weighted by atomic mass is 19.4. The van der Waals surface area contributed by atoms with Crippen LogP contribution in [0.25, 0.3) is 0 Å². The number of carbonyl (C=O) groups excluding carboxylic acids is 4. The summed E-state index contributed by atoms with van der Waals surface area (Å²) in [6.07, 6.45) is 0.119. The van der Waals surface area contributed by atoms with Gasteiger partial charge >= 0.3 is 12.1 Å². The average molecular weight is 466 g/mol. The van der Waals surface area contributed by atoms with E-state index in [0.717, 1.165) is 23.1 Å². The van der Waals surface area contributed by atoms with Crippen molar-refractivity contribution in [1.29, 1.82) is 0 Å². The molecule has 3 unspecified atom stereocenters. The van der Waals surface area contributed by atoms with E-state index < -0.39 is 59.9 Å². The lowest BCUT2D eigenvalue weighted by molar-refractivity contribution is -0.160. The average Bonchev–Trinajstić information content (AvgIpc) is 3.00. The normalized spacial score (nSPS) is 21.2. The number of anilines is 1. The molecule has 1 aromatic carbocycles. The predicted molar refractivity (Wildman–Crippen MR) is 111 cm³/mol. The molecule has 1 aromatic rings. The molecule has 0 bridgehead atoms. The van der Waals surface area contributed by atoms with E-state index in [1.54, 1.807) is 0 Å². The summed E-state index contributed by atoms with van der Waals surface area (Å²) in [6.45, 7) is 2.87. The fourth-order valence-corrected chi connectivity index (χ4v) is 4.09. The van der Waals surface area contributed by atoms with Crippen molar-refractivity contribution in [3.63, 3.8) is 0 Å². The van der Waals surface area contributed by atoms with Crippen molar-refractivity contribution in [3.8, 4) is 0 Å². The molecule has 10 heteroatoms. The second-order valence-corrected chi connectivity index (χ2v) is 8.58. The number of alkyl halides is 3. The fourth-order valence-electron chi connectivity index (χ4n) is 4.09. The van der Waals surface area contributed by atoms with Crippen LogP contribution in [-0.2, 0) is 30.1 Å². The number of allylic oxidation sites excluding steroid dienone is 2. The van der Waals surface area contributed by atoms with E-state index in [4.69, 9.17) is 4.74 Å². The Kier molecular flexibility index (Phi) is 7.24. The Labute approximate surface area is 189 Å². The van der Waals surface area contributed by atoms with E-state index in [9.17, 15) is 32.3 Å². The van der Waals surface area contributed by atoms with Crippen LogP contribution in [0.1, 0.15) is 38.7 Å². The third-order valence-corrected chi connectivity index (χ3v) is 5.64. The van der Waals surface area contributed by atoms with Gasteiger partial charge in [-0.2, -0.15) is 13.2 Å². The lowest BCUT2D eigenvalue weighted by atomic mass is 9.85. The largest absolute Gasteiger partial charge is 0.454 e. The molecular weight excluding hydrogens is 441 g/mol. The predicted octanol–water partition coefficient (Wildman–Crippen LogP) is 3.55. The molecule has 0 saturated carbocycles. The smallest absolute Gasteiger partial charge is 0.416 e. The number of imide groups is 1. The van der Waals surface area contributed by atoms with Crippen LogP contribution in [0.4, 0.5) is 18.9 Å². The number of carbonyl (C=O) groups is 4. The number of fused-ring (bicyclic) bond motifs is 1. The molecule has 178 valence electrons. The number of rotatable bonds is 7. The number of hydrogen-bond donors (Lipinski definition) is 1. The number of nitrogens with one attached hydrogen (secondary N) is 1. The second-order valence-electron chi connectivity index (χ2n) is 8.58. The monoisotopic (exact) mass is 466 g/mol. The van der Waals surface area contributed by atoms with Gasteiger partial charge in [-0.05, 0) is 43.4 Å². The zero-order valence-corrected chi connectivity index (χ0v) is 18.2. The molecule has 1 saturated heterocycles. The van der Waals surface area contributed by atoms with Gasteiger partial charge in [0.05, 0.1) is 17.4 Å². The third kappa shape index (κ3) is 5.61. The molecule has 1 aliphatic heterocycles. The minimum Gasteiger partial charge on any atom is -0.454 e. The van der Waals surface area contributed by atoms with Gasteiger partial charge in [0.2, 0.25) is 11.8 Å². The third-order valence-electron chi connectivity index (χ3n) is 5.64. The van der Waals surface area contributed by atoms with Crippen molar-refractivity contribution < 1.29 is 37.1 Å². The molecule has 0 aromatic heterocycles. The van der Waals surface area contributed by atoms with Crippen LogP contribution in [0, 0.1) is 17.8 Å². The maximum Gasteiger partial charge on any atom is 0.416 e. The fraction of sp³-hybridized carbons (Fsp3) is 0.478. The zero-order valence-electron chi connectivity index (χ0n) is 18.2. The minimum atomic E-state index is -4.57. The van der Waals surface area contributed by atoms with Gasteiger partial charge in [-0.15, -0.1) is 0 Å². The van der Waals surface area contributed by atoms with Gasteiger partial charge in [0, 0.05) is 5.69 Å². The summed E-state index contributed by atoms with van der Waals surface area (Å²) in [4.78, 5) is 51.6. The molecule has 3 atom stereocenters. The lowest BCUT2D eigenvalue weighted by Gasteiger charge is -2.26. The van der Waals surface area contributed by atoms with Gasteiger partial charge in [-0.25, -0.2) is 4.79 Å². The molecule has 0 radical (unpaired) electrons. The first-order valence-corrected chi connectivity index (χ1v) is 10.6. The minimum absolute atomic E-state index is 0.0529. The summed E-state index contributed by atoms with van der Waals surface area (Å²) in [5.41, 5.74) is -1.04. The topological polar surface area (TPSA) is 92.8 Å². The highest BCUT2D eigenvalue weighted by Crippen LogP contribution is 2.37. The van der Waals surface area contributed by atoms with Crippen molar-refractivity contribution in [2.24, 2.45) is 17.8 Å². The number of hydrogen-bond acceptors (Lipinski definition) is 5. The van der Waals surface area contributed by atoms with Gasteiger partial charge in [0.1, 0.15) is 6.04 Å². The van der Waals surface area contributed by atoms with Crippen LogP contribution >= 0.6 is 0 Å². The SMILES string of the molecule is CC(C)CC(C(=O)OCC(=O)Nc1cccc(C(F)(F)F)c1)N1C(=O)C2CC=CCC2C1=O. The van der Waals surface area contributed by atoms with Gasteiger partial charge in [0.25, 0.3) is 5.91 Å². The van der Waals surface area contributed by atoms with E-state index in [2.05, 4.69) is 5.32 Å². The van der Waals surface area contributed by atoms with Crippen LogP contribution in [0.2, 0.25) is 0 Å². The number of halogens is 3. The van der Waals surface area contributed by atoms with Crippen LogP contribution in [0.3, 0.4) is 0 Å². The molecule has 1 aliphatic carbocycles. The maximum absolute atomic E-state index is 12.9. The Hall–Kier alpha value is -3.17. The Morgan fingerprint density at radius 3 is 2.27 bits per heavy atom. The van der Waals surface area contributed by atoms with Crippen molar-refractivity contribution in [2.45, 2.75) is 45.3 Å². The van der Waals surface area contributed by atoms with E-state index in [1.165, 1.54) is 6.07 Å². The van der Waals surface area contributed by atoms with E-state index in [-0.39, 0.29) is 18.0 Å². The first-order valence-electron chi connectivity index (χ1n) is 10.6. The quantitative estimate of drug-likeness (QED) is 0.377. The maximum atomic E-state index is 12.9. The number of esters is 1. The first-order chi connectivity index (χ1) is 15.5. The molecular formula is C23H25F3N2O5. The summed E-state index contributed by atoms with van der Waals surface area (Å²) in [7, 11) is 0. The van der Waals surface area contributed by atoms with E-state index >= 15 is 0 Å². The molecule has 3 amide bonds. The molecule has 33 heavy (non-hydrogen) atoms. The number of ether oxygens (including phenoxy) is 1. The zero-order chi connectivity index (χ0) is 24.3. The Bertz CT molecular complexity index is 947. The van der Waals surface area contributed by atoms with Gasteiger partial charge in [-0.1, -0.05) is 32.1 Å². The van der Waals surface area contributed by atoms with Crippen LogP contribution < -0.4 is 5.32 Å². The van der Waals surface area contributed by atoms with Crippen molar-refractivity contribution in [1.82, 2.24) is 4.90 Å². The van der Waals surface area contributed by atoms with Crippen molar-refractivity contribution >= 4 is 29.4 Å². The summed E-state index contributed by atoms with van der Waals surface area (Å²) in [6, 6.07) is 2.87. The van der Waals surface area contributed by atoms with Gasteiger partial charge in [0.15, 0.2) is 6.61 Å². The highest BCUT2D eigenvalue weighted by Gasteiger charge is 2.51. The van der Waals surface area contributed by atoms with Crippen LogP contribution in [0.15, 0.2) is 36.4 Å². The molecule has 2 aliphatic rings. The molecule has 1 N–H and O–H groups in total. The van der Waals surface area contributed by atoms with Crippen LogP contribution in [0.5, 0.6) is 0 Å². The molecule has 7 nitrogen and oxygen atoms in total. The lowest BCUT2D eigenvalue weighted by Crippen LogP contribution is -2.47. The van der Waals surface area contributed by atoms with Gasteiger partial charge < -0.3 is 10.1 Å². The van der Waals surface area contributed by atoms with E-state index in [1.807, 2.05) is 26.0 Å². The standard InChI is InChI=1S/C23H25F3N2O5/c1-13(2)10-18(28-20(30)16-8-3-4-9-17(16)21(28)31)22(32)33-12-19(29)27-15-7-5-6-14(11-15)23(24,25)26/h3-7,11,13,16-18H,8-10,12H2,1-2H3,(H,27,29). The molecule has 1 heterocycles. The van der Waals surface area contributed by atoms with Crippen molar-refractivity contribution in [2.75, 3.05) is 11.9 Å². The molecule has 0 spiro atoms. The number of likely N-dealkylation sites (tertiary alicyclic amines) is 1. The Morgan fingerprint density at radius 2 is 1.73 bits per heavy atom. The summed E-state index contributed by atoms with van der Waals surface area (Å²) < 4.78 is 43.5. The summed E-state index contributed by atoms with van der Waals surface area (Å²) >= 11 is 0. The summed E-state index contributed by atoms with van der Waals surface area (Å²) in [5, 5.41) is 2.25. The van der Waals surface area contributed by atoms with Crippen molar-refractivity contribution in [3.05, 3.63) is 42.0 Å². The van der Waals surface area contributed by atoms with E-state index in [0.29, 0.717) is 12.8 Å². The Morgan fingerprint density at radius 1 is 1.12 bits per heavy atom. The summed E-state index contributed by atoms with van der Waals surface area (Å²) in [5.74, 6) is -3.67. The van der Waals surface area contributed by atoms with Crippen LogP contribution in [-0.4, -0.2) is 41.2 Å². The number of nitrogens with zero attached hydrogens (tertiary/aromatic N) is 1. The van der Waals surface area contributed by atoms with Gasteiger partial charge in [-0.3, -0.25) is 19.3 Å². The first kappa shape index (κ1) is 24.5. The molecule has 1 fully saturated rings. The second kappa shape index (κ2) is 9.76. The number of benzene rings is 1. The Balaban J connectivity index is 1.66. The number of amides is 3. The highest BCUT2D eigenvalue weighted by molar-refractivity contribution is 6.08.